The summed E-state index contributed by atoms with van der Waals surface area (Å²) in [7, 11) is 1.60. The molecule has 1 aromatic heterocycles. The van der Waals surface area contributed by atoms with Crippen molar-refractivity contribution in [2.45, 2.75) is 5.88 Å². The summed E-state index contributed by atoms with van der Waals surface area (Å²) in [6.45, 7) is 0. The highest BCUT2D eigenvalue weighted by Crippen LogP contribution is 2.18. The first-order valence-electron chi connectivity index (χ1n) is 5.25. The number of methoxy groups -OCH3 is 1. The number of nitrogens with zero attached hydrogens (tertiary/aromatic N) is 1. The molecule has 0 aliphatic carbocycles. The quantitative estimate of drug-likeness (QED) is 0.840. The van der Waals surface area contributed by atoms with Crippen molar-refractivity contribution in [2.75, 3.05) is 12.4 Å². The molecule has 0 saturated carbocycles. The van der Waals surface area contributed by atoms with Crippen LogP contribution in [0.25, 0.3) is 0 Å². The average Bonchev–Trinajstić information content (AvgIpc) is 2.40. The van der Waals surface area contributed by atoms with Gasteiger partial charge in [0.2, 0.25) is 5.88 Å². The maximum Gasteiger partial charge on any atom is 0.214 e. The van der Waals surface area contributed by atoms with Gasteiger partial charge in [0.1, 0.15) is 5.82 Å². The molecule has 3 nitrogen and oxygen atoms in total. The summed E-state index contributed by atoms with van der Waals surface area (Å²) in [5.41, 5.74) is 2.07. The van der Waals surface area contributed by atoms with Crippen LogP contribution < -0.4 is 10.1 Å². The molecule has 0 radical (unpaired) electrons. The minimum atomic E-state index is 0.525. The minimum Gasteiger partial charge on any atom is -0.481 e. The standard InChI is InChI=1S/C13H13ClN2O/c1-17-13-4-2-3-12(16-13)15-11-7-5-10(9-14)6-8-11/h2-8H,9H2,1H3,(H,15,16). The molecule has 4 heteroatoms. The number of hydrogen-bond donors (Lipinski definition) is 1. The van der Waals surface area contributed by atoms with E-state index >= 15 is 0 Å². The van der Waals surface area contributed by atoms with E-state index in [1.807, 2.05) is 42.5 Å². The number of halogens is 1. The lowest BCUT2D eigenvalue weighted by Gasteiger charge is -2.07. The van der Waals surface area contributed by atoms with Gasteiger partial charge in [-0.25, -0.2) is 0 Å². The molecule has 2 aromatic rings. The van der Waals surface area contributed by atoms with Crippen molar-refractivity contribution in [1.82, 2.24) is 4.98 Å². The molecular weight excluding hydrogens is 236 g/mol. The number of nitrogens with one attached hydrogen (secondary N) is 1. The van der Waals surface area contributed by atoms with Crippen molar-refractivity contribution in [3.8, 4) is 5.88 Å². The second-order valence-electron chi connectivity index (χ2n) is 3.52. The lowest BCUT2D eigenvalue weighted by atomic mass is 10.2. The summed E-state index contributed by atoms with van der Waals surface area (Å²) in [6, 6.07) is 13.5. The van der Waals surface area contributed by atoms with E-state index in [4.69, 9.17) is 16.3 Å². The predicted octanol–water partition coefficient (Wildman–Crippen LogP) is 3.57. The van der Waals surface area contributed by atoms with Gasteiger partial charge < -0.3 is 10.1 Å². The van der Waals surface area contributed by atoms with E-state index in [0.29, 0.717) is 11.8 Å². The lowest BCUT2D eigenvalue weighted by molar-refractivity contribution is 0.398. The number of alkyl halides is 1. The van der Waals surface area contributed by atoms with E-state index in [0.717, 1.165) is 17.1 Å². The second-order valence-corrected chi connectivity index (χ2v) is 3.79. The SMILES string of the molecule is COc1cccc(Nc2ccc(CCl)cc2)n1. The number of aromatic nitrogens is 1. The smallest absolute Gasteiger partial charge is 0.214 e. The van der Waals surface area contributed by atoms with Crippen molar-refractivity contribution in [2.24, 2.45) is 0 Å². The topological polar surface area (TPSA) is 34.1 Å². The van der Waals surface area contributed by atoms with Crippen molar-refractivity contribution in [3.05, 3.63) is 48.0 Å². The first-order valence-corrected chi connectivity index (χ1v) is 5.78. The maximum absolute atomic E-state index is 5.73. The van der Waals surface area contributed by atoms with E-state index in [-0.39, 0.29) is 0 Å². The molecule has 0 bridgehead atoms. The molecular formula is C13H13ClN2O. The maximum atomic E-state index is 5.73. The second kappa shape index (κ2) is 5.55. The van der Waals surface area contributed by atoms with E-state index in [2.05, 4.69) is 10.3 Å². The van der Waals surface area contributed by atoms with Gasteiger partial charge in [-0.2, -0.15) is 4.98 Å². The molecule has 17 heavy (non-hydrogen) atoms. The summed E-state index contributed by atoms with van der Waals surface area (Å²) in [5, 5.41) is 3.20. The van der Waals surface area contributed by atoms with Crippen LogP contribution in [0, 0.1) is 0 Å². The highest BCUT2D eigenvalue weighted by Gasteiger charge is 1.98. The Hall–Kier alpha value is -1.74. The van der Waals surface area contributed by atoms with Crippen LogP contribution in [0.2, 0.25) is 0 Å². The van der Waals surface area contributed by atoms with Crippen LogP contribution in [0.3, 0.4) is 0 Å². The van der Waals surface area contributed by atoms with Crippen LogP contribution in [0.5, 0.6) is 5.88 Å². The molecule has 88 valence electrons. The van der Waals surface area contributed by atoms with Crippen LogP contribution in [0.1, 0.15) is 5.56 Å². The van der Waals surface area contributed by atoms with Crippen LogP contribution in [-0.4, -0.2) is 12.1 Å². The number of rotatable bonds is 4. The summed E-state index contributed by atoms with van der Waals surface area (Å²) in [5.74, 6) is 1.87. The van der Waals surface area contributed by atoms with Gasteiger partial charge in [-0.1, -0.05) is 18.2 Å². The number of benzene rings is 1. The van der Waals surface area contributed by atoms with Crippen molar-refractivity contribution in [1.29, 1.82) is 0 Å². The van der Waals surface area contributed by atoms with Gasteiger partial charge in [0.15, 0.2) is 0 Å². The molecule has 0 atom stereocenters. The van der Waals surface area contributed by atoms with Gasteiger partial charge in [0.25, 0.3) is 0 Å². The van der Waals surface area contributed by atoms with Crippen LogP contribution >= 0.6 is 11.6 Å². The zero-order valence-electron chi connectivity index (χ0n) is 9.48. The Kier molecular flexibility index (Phi) is 3.83. The van der Waals surface area contributed by atoms with Crippen molar-refractivity contribution < 1.29 is 4.74 Å². The molecule has 0 unspecified atom stereocenters. The minimum absolute atomic E-state index is 0.525. The van der Waals surface area contributed by atoms with E-state index in [9.17, 15) is 0 Å². The van der Waals surface area contributed by atoms with E-state index in [1.165, 1.54) is 0 Å². The molecule has 0 spiro atoms. The van der Waals surface area contributed by atoms with Crippen molar-refractivity contribution in [3.63, 3.8) is 0 Å². The summed E-state index contributed by atoms with van der Waals surface area (Å²) < 4.78 is 5.06. The average molecular weight is 249 g/mol. The van der Waals surface area contributed by atoms with Gasteiger partial charge in [-0.15, -0.1) is 11.6 Å². The molecule has 1 aromatic carbocycles. The summed E-state index contributed by atoms with van der Waals surface area (Å²) in [6.07, 6.45) is 0. The molecule has 1 heterocycles. The third kappa shape index (κ3) is 3.11. The van der Waals surface area contributed by atoms with Gasteiger partial charge >= 0.3 is 0 Å². The first kappa shape index (κ1) is 11.7. The Morgan fingerprint density at radius 2 is 1.94 bits per heavy atom. The number of ether oxygens (including phenoxy) is 1. The van der Waals surface area contributed by atoms with E-state index < -0.39 is 0 Å². The summed E-state index contributed by atoms with van der Waals surface area (Å²) in [4.78, 5) is 4.27. The van der Waals surface area contributed by atoms with Crippen LogP contribution in [0.15, 0.2) is 42.5 Å². The lowest BCUT2D eigenvalue weighted by Crippen LogP contribution is -1.95. The molecule has 0 saturated heterocycles. The zero-order chi connectivity index (χ0) is 12.1. The molecule has 0 aliphatic rings. The highest BCUT2D eigenvalue weighted by atomic mass is 35.5. The van der Waals surface area contributed by atoms with Crippen LogP contribution in [0.4, 0.5) is 11.5 Å². The van der Waals surface area contributed by atoms with Crippen LogP contribution in [-0.2, 0) is 5.88 Å². The number of anilines is 2. The summed E-state index contributed by atoms with van der Waals surface area (Å²) >= 11 is 5.73. The van der Waals surface area contributed by atoms with Crippen molar-refractivity contribution >= 4 is 23.1 Å². The molecule has 0 aliphatic heterocycles. The van der Waals surface area contributed by atoms with Gasteiger partial charge in [-0.05, 0) is 23.8 Å². The number of pyridine rings is 1. The van der Waals surface area contributed by atoms with Gasteiger partial charge in [-0.3, -0.25) is 0 Å². The Bertz CT molecular complexity index is 485. The van der Waals surface area contributed by atoms with Gasteiger partial charge in [0.05, 0.1) is 7.11 Å². The molecule has 1 N–H and O–H groups in total. The number of hydrogen-bond acceptors (Lipinski definition) is 3. The normalized spacial score (nSPS) is 10.0. The monoisotopic (exact) mass is 248 g/mol. The molecule has 2 rings (SSSR count). The van der Waals surface area contributed by atoms with E-state index in [1.54, 1.807) is 7.11 Å². The Labute approximate surface area is 105 Å². The Morgan fingerprint density at radius 1 is 1.18 bits per heavy atom. The first-order chi connectivity index (χ1) is 8.31. The Balaban J connectivity index is 2.13. The molecule has 0 fully saturated rings. The third-order valence-electron chi connectivity index (χ3n) is 2.31. The fraction of sp³-hybridized carbons (Fsp3) is 0.154. The molecule has 0 amide bonds. The highest BCUT2D eigenvalue weighted by molar-refractivity contribution is 6.17. The largest absolute Gasteiger partial charge is 0.481 e. The zero-order valence-corrected chi connectivity index (χ0v) is 10.2. The predicted molar refractivity (Wildman–Crippen MR) is 70.1 cm³/mol. The Morgan fingerprint density at radius 3 is 2.59 bits per heavy atom. The third-order valence-corrected chi connectivity index (χ3v) is 2.62. The fourth-order valence-corrected chi connectivity index (χ4v) is 1.60. The van der Waals surface area contributed by atoms with Gasteiger partial charge in [0, 0.05) is 17.6 Å². The fourth-order valence-electron chi connectivity index (χ4n) is 1.42.